The fourth-order valence-corrected chi connectivity index (χ4v) is 3.16. The van der Waals surface area contributed by atoms with Crippen LogP contribution in [0, 0.1) is 0 Å². The Bertz CT molecular complexity index is 578. The molecule has 27 heavy (non-hydrogen) atoms. The van der Waals surface area contributed by atoms with Crippen LogP contribution < -0.4 is 0 Å². The molecule has 0 N–H and O–H groups in total. The van der Waals surface area contributed by atoms with Gasteiger partial charge < -0.3 is 14.2 Å². The number of hydrogen-bond acceptors (Lipinski definition) is 5. The normalized spacial score (nSPS) is 16.3. The van der Waals surface area contributed by atoms with Crippen molar-refractivity contribution in [3.8, 4) is 0 Å². The van der Waals surface area contributed by atoms with Gasteiger partial charge in [0.1, 0.15) is 6.61 Å². The summed E-state index contributed by atoms with van der Waals surface area (Å²) < 4.78 is 16.1. The minimum Gasteiger partial charge on any atom is -0.462 e. The fraction of sp³-hybridized carbons (Fsp3) is 0.636. The molecule has 150 valence electrons. The van der Waals surface area contributed by atoms with Gasteiger partial charge in [0.25, 0.3) is 0 Å². The van der Waals surface area contributed by atoms with E-state index in [1.165, 1.54) is 32.1 Å². The quantitative estimate of drug-likeness (QED) is 0.382. The van der Waals surface area contributed by atoms with Crippen LogP contribution in [0.25, 0.3) is 0 Å². The fourth-order valence-electron chi connectivity index (χ4n) is 3.16. The molecule has 5 heteroatoms. The van der Waals surface area contributed by atoms with Crippen LogP contribution in [0.1, 0.15) is 85.4 Å². The number of benzene rings is 1. The van der Waals surface area contributed by atoms with Gasteiger partial charge >= 0.3 is 11.9 Å². The highest BCUT2D eigenvalue weighted by Crippen LogP contribution is 2.16. The number of ether oxygens (including phenoxy) is 3. The molecule has 1 saturated heterocycles. The molecule has 1 heterocycles. The molecule has 2 rings (SSSR count). The highest BCUT2D eigenvalue weighted by atomic mass is 16.6. The van der Waals surface area contributed by atoms with Crippen LogP contribution in [0.4, 0.5) is 0 Å². The summed E-state index contributed by atoms with van der Waals surface area (Å²) in [4.78, 5) is 24.7. The first-order valence-electron chi connectivity index (χ1n) is 10.3. The molecule has 1 aliphatic heterocycles. The summed E-state index contributed by atoms with van der Waals surface area (Å²) in [5.41, 5.74) is 0.512. The Kier molecular flexibility index (Phi) is 9.91. The molecule has 0 radical (unpaired) electrons. The Morgan fingerprint density at radius 2 is 1.59 bits per heavy atom. The van der Waals surface area contributed by atoms with Gasteiger partial charge in [0, 0.05) is 6.61 Å². The van der Waals surface area contributed by atoms with Crippen molar-refractivity contribution in [3.05, 3.63) is 35.4 Å². The topological polar surface area (TPSA) is 61.8 Å². The molecule has 1 aliphatic rings. The lowest BCUT2D eigenvalue weighted by Gasteiger charge is -2.12. The van der Waals surface area contributed by atoms with E-state index >= 15 is 0 Å². The molecular formula is C22H32O5. The number of esters is 2. The van der Waals surface area contributed by atoms with E-state index < -0.39 is 11.9 Å². The van der Waals surface area contributed by atoms with Gasteiger partial charge in [-0.2, -0.15) is 0 Å². The number of unbranched alkanes of at least 4 members (excludes halogenated alkanes) is 6. The van der Waals surface area contributed by atoms with Crippen LogP contribution in [0.3, 0.4) is 0 Å². The summed E-state index contributed by atoms with van der Waals surface area (Å²) in [6, 6.07) is 6.65. The molecular weight excluding hydrogens is 344 g/mol. The lowest BCUT2D eigenvalue weighted by molar-refractivity contribution is 0.0157. The summed E-state index contributed by atoms with van der Waals surface area (Å²) in [7, 11) is 0. The third-order valence-electron chi connectivity index (χ3n) is 4.77. The molecule has 0 amide bonds. The standard InChI is InChI=1S/C22H32O5/c1-2-3-4-5-6-7-10-15-26-21(23)19-13-8-9-14-20(19)22(24)27-17-18-12-11-16-25-18/h8-9,13-14,18H,2-7,10-12,15-17H2,1H3. The maximum absolute atomic E-state index is 12.3. The zero-order valence-corrected chi connectivity index (χ0v) is 16.4. The highest BCUT2D eigenvalue weighted by Gasteiger charge is 2.22. The lowest BCUT2D eigenvalue weighted by Crippen LogP contribution is -2.20. The summed E-state index contributed by atoms with van der Waals surface area (Å²) in [5.74, 6) is -0.973. The van der Waals surface area contributed by atoms with Gasteiger partial charge in [-0.25, -0.2) is 9.59 Å². The second-order valence-corrected chi connectivity index (χ2v) is 7.04. The molecule has 1 aromatic carbocycles. The maximum atomic E-state index is 12.3. The average molecular weight is 376 g/mol. The van der Waals surface area contributed by atoms with E-state index in [1.54, 1.807) is 24.3 Å². The molecule has 0 spiro atoms. The van der Waals surface area contributed by atoms with Crippen molar-refractivity contribution < 1.29 is 23.8 Å². The van der Waals surface area contributed by atoms with Gasteiger partial charge in [-0.05, 0) is 31.4 Å². The minimum atomic E-state index is -0.506. The van der Waals surface area contributed by atoms with Gasteiger partial charge in [-0.1, -0.05) is 57.6 Å². The van der Waals surface area contributed by atoms with Crippen molar-refractivity contribution in [3.63, 3.8) is 0 Å². The zero-order chi connectivity index (χ0) is 19.3. The monoisotopic (exact) mass is 376 g/mol. The molecule has 0 saturated carbocycles. The molecule has 5 nitrogen and oxygen atoms in total. The number of carbonyl (C=O) groups excluding carboxylic acids is 2. The van der Waals surface area contributed by atoms with Crippen molar-refractivity contribution in [1.29, 1.82) is 0 Å². The van der Waals surface area contributed by atoms with Crippen molar-refractivity contribution in [2.75, 3.05) is 19.8 Å². The smallest absolute Gasteiger partial charge is 0.339 e. The molecule has 1 atom stereocenters. The Morgan fingerprint density at radius 1 is 0.963 bits per heavy atom. The summed E-state index contributed by atoms with van der Waals surface area (Å²) >= 11 is 0. The largest absolute Gasteiger partial charge is 0.462 e. The van der Waals surface area contributed by atoms with E-state index in [0.29, 0.717) is 13.2 Å². The summed E-state index contributed by atoms with van der Waals surface area (Å²) in [5, 5.41) is 0. The van der Waals surface area contributed by atoms with E-state index in [9.17, 15) is 9.59 Å². The van der Waals surface area contributed by atoms with Gasteiger partial charge in [-0.3, -0.25) is 0 Å². The number of rotatable bonds is 12. The molecule has 0 bridgehead atoms. The third kappa shape index (κ3) is 7.71. The second-order valence-electron chi connectivity index (χ2n) is 7.04. The second kappa shape index (κ2) is 12.5. The van der Waals surface area contributed by atoms with Crippen molar-refractivity contribution in [1.82, 2.24) is 0 Å². The predicted octanol–water partition coefficient (Wildman–Crippen LogP) is 4.93. The van der Waals surface area contributed by atoms with E-state index in [1.807, 2.05) is 0 Å². The van der Waals surface area contributed by atoms with E-state index in [2.05, 4.69) is 6.92 Å². The molecule has 1 fully saturated rings. The van der Waals surface area contributed by atoms with Gasteiger partial charge in [0.05, 0.1) is 23.8 Å². The summed E-state index contributed by atoms with van der Waals surface area (Å²) in [6.07, 6.45) is 9.97. The van der Waals surface area contributed by atoms with Crippen LogP contribution >= 0.6 is 0 Å². The Hall–Kier alpha value is -1.88. The first kappa shape index (κ1) is 21.4. The van der Waals surface area contributed by atoms with Gasteiger partial charge in [0.15, 0.2) is 0 Å². The Balaban J connectivity index is 1.74. The zero-order valence-electron chi connectivity index (χ0n) is 16.4. The minimum absolute atomic E-state index is 0.0367. The summed E-state index contributed by atoms with van der Waals surface area (Å²) in [6.45, 7) is 3.52. The third-order valence-corrected chi connectivity index (χ3v) is 4.77. The molecule has 0 aromatic heterocycles. The predicted molar refractivity (Wildman–Crippen MR) is 104 cm³/mol. The van der Waals surface area contributed by atoms with Crippen LogP contribution in [0.2, 0.25) is 0 Å². The number of hydrogen-bond donors (Lipinski definition) is 0. The van der Waals surface area contributed by atoms with Gasteiger partial charge in [0.2, 0.25) is 0 Å². The van der Waals surface area contributed by atoms with E-state index in [4.69, 9.17) is 14.2 Å². The van der Waals surface area contributed by atoms with E-state index in [0.717, 1.165) is 25.7 Å². The van der Waals surface area contributed by atoms with Crippen LogP contribution in [0.5, 0.6) is 0 Å². The van der Waals surface area contributed by atoms with Crippen LogP contribution in [-0.4, -0.2) is 37.9 Å². The molecule has 1 unspecified atom stereocenters. The molecule has 1 aromatic rings. The Morgan fingerprint density at radius 3 is 2.22 bits per heavy atom. The van der Waals surface area contributed by atoms with E-state index in [-0.39, 0.29) is 23.8 Å². The maximum Gasteiger partial charge on any atom is 0.339 e. The Labute approximate surface area is 162 Å². The first-order chi connectivity index (χ1) is 13.2. The van der Waals surface area contributed by atoms with Crippen molar-refractivity contribution in [2.45, 2.75) is 70.8 Å². The lowest BCUT2D eigenvalue weighted by atomic mass is 10.1. The van der Waals surface area contributed by atoms with Crippen LogP contribution in [-0.2, 0) is 14.2 Å². The van der Waals surface area contributed by atoms with Crippen molar-refractivity contribution in [2.24, 2.45) is 0 Å². The highest BCUT2D eigenvalue weighted by molar-refractivity contribution is 6.03. The SMILES string of the molecule is CCCCCCCCCOC(=O)c1ccccc1C(=O)OCC1CCCO1. The van der Waals surface area contributed by atoms with Gasteiger partial charge in [-0.15, -0.1) is 0 Å². The number of carbonyl (C=O) groups is 2. The van der Waals surface area contributed by atoms with Crippen LogP contribution in [0.15, 0.2) is 24.3 Å². The molecule has 0 aliphatic carbocycles. The first-order valence-corrected chi connectivity index (χ1v) is 10.3. The average Bonchev–Trinajstić information content (AvgIpc) is 3.21. The van der Waals surface area contributed by atoms with Crippen molar-refractivity contribution >= 4 is 11.9 Å².